The Labute approximate surface area is 86.1 Å². The highest BCUT2D eigenvalue weighted by molar-refractivity contribution is 6.35. The van der Waals surface area contributed by atoms with Crippen LogP contribution < -0.4 is 5.73 Å². The summed E-state index contributed by atoms with van der Waals surface area (Å²) in [6.45, 7) is 0. The molecule has 1 aromatic heterocycles. The predicted molar refractivity (Wildman–Crippen MR) is 51.4 cm³/mol. The summed E-state index contributed by atoms with van der Waals surface area (Å²) in [4.78, 5) is 3.78. The molecule has 0 amide bonds. The van der Waals surface area contributed by atoms with Crippen LogP contribution in [0.4, 0.5) is 0 Å². The number of nitrogens with two attached hydrogens (primary N) is 1. The monoisotopic (exact) mass is 215 g/mol. The first kappa shape index (κ1) is 10.3. The first-order valence-electron chi connectivity index (χ1n) is 3.58. The highest BCUT2D eigenvalue weighted by Crippen LogP contribution is 2.29. The van der Waals surface area contributed by atoms with Gasteiger partial charge in [0.1, 0.15) is 0 Å². The highest BCUT2D eigenvalue weighted by Gasteiger charge is 2.13. The number of halogens is 2. The van der Waals surface area contributed by atoms with Crippen LogP contribution in [0.25, 0.3) is 0 Å². The number of pyridine rings is 1. The van der Waals surface area contributed by atoms with Gasteiger partial charge in [-0.1, -0.05) is 23.2 Å². The van der Waals surface area contributed by atoms with Gasteiger partial charge in [-0.3, -0.25) is 4.98 Å². The lowest BCUT2D eigenvalue weighted by atomic mass is 10.1. The summed E-state index contributed by atoms with van der Waals surface area (Å²) in [6, 6.07) is 1.51. The first-order valence-corrected chi connectivity index (χ1v) is 4.34. The van der Waals surface area contributed by atoms with E-state index in [1.165, 1.54) is 12.4 Å². The highest BCUT2D eigenvalue weighted by atomic mass is 35.5. The molecular weight excluding hydrogens is 209 g/mol. The normalized spacial score (nSPS) is 12.2. The van der Waals surface area contributed by atoms with Gasteiger partial charge in [0, 0.05) is 24.0 Å². The van der Waals surface area contributed by atoms with E-state index in [-0.39, 0.29) is 6.42 Å². The fraction of sp³-hybridized carbons (Fsp3) is 0.250. The van der Waals surface area contributed by atoms with Crippen molar-refractivity contribution in [2.24, 2.45) is 5.73 Å². The van der Waals surface area contributed by atoms with Gasteiger partial charge in [0.25, 0.3) is 0 Å². The predicted octanol–water partition coefficient (Wildman–Crippen LogP) is 2.30. The molecule has 0 saturated carbocycles. The van der Waals surface area contributed by atoms with Gasteiger partial charge in [0.15, 0.2) is 0 Å². The second-order valence-electron chi connectivity index (χ2n) is 2.49. The zero-order valence-electron chi connectivity index (χ0n) is 6.67. The Morgan fingerprint density at radius 1 is 1.46 bits per heavy atom. The molecule has 5 heteroatoms. The Morgan fingerprint density at radius 2 is 2.00 bits per heavy atom. The summed E-state index contributed by atoms with van der Waals surface area (Å²) in [5, 5.41) is 9.24. The molecule has 0 unspecified atom stereocenters. The maximum Gasteiger partial charge on any atom is 0.0652 e. The maximum absolute atomic E-state index is 8.45. The number of rotatable bonds is 2. The molecule has 0 spiro atoms. The molecule has 0 radical (unpaired) electrons. The van der Waals surface area contributed by atoms with Crippen LogP contribution in [0.5, 0.6) is 0 Å². The van der Waals surface area contributed by atoms with E-state index in [0.717, 1.165) is 0 Å². The van der Waals surface area contributed by atoms with E-state index in [1.807, 2.05) is 6.07 Å². The van der Waals surface area contributed by atoms with Crippen molar-refractivity contribution in [2.75, 3.05) is 0 Å². The fourth-order valence-corrected chi connectivity index (χ4v) is 1.62. The Bertz CT molecular complexity index is 325. The van der Waals surface area contributed by atoms with E-state index in [1.54, 1.807) is 0 Å². The van der Waals surface area contributed by atoms with E-state index >= 15 is 0 Å². The lowest BCUT2D eigenvalue weighted by Gasteiger charge is -2.10. The smallest absolute Gasteiger partial charge is 0.0652 e. The standard InChI is InChI=1S/C8H7Cl2N3/c9-5-3-13-4-6(10)8(5)7(12)1-2-11/h3-4,7H,1,12H2/t7-/m1/s1. The molecule has 1 heterocycles. The average Bonchev–Trinajstić information content (AvgIpc) is 2.04. The van der Waals surface area contributed by atoms with Crippen molar-refractivity contribution >= 4 is 23.2 Å². The van der Waals surface area contributed by atoms with Crippen molar-refractivity contribution in [1.29, 1.82) is 5.26 Å². The minimum Gasteiger partial charge on any atom is -0.323 e. The van der Waals surface area contributed by atoms with Gasteiger partial charge in [-0.25, -0.2) is 0 Å². The third kappa shape index (κ3) is 2.31. The molecule has 0 aliphatic carbocycles. The molecule has 0 aliphatic rings. The quantitative estimate of drug-likeness (QED) is 0.824. The SMILES string of the molecule is N#CC[C@@H](N)c1c(Cl)cncc1Cl. The van der Waals surface area contributed by atoms with Crippen LogP contribution in [0.2, 0.25) is 10.0 Å². The molecular formula is C8H7Cl2N3. The van der Waals surface area contributed by atoms with E-state index in [4.69, 9.17) is 34.2 Å². The van der Waals surface area contributed by atoms with Crippen molar-refractivity contribution in [2.45, 2.75) is 12.5 Å². The molecule has 0 aliphatic heterocycles. The molecule has 13 heavy (non-hydrogen) atoms. The summed E-state index contributed by atoms with van der Waals surface area (Å²) in [7, 11) is 0. The summed E-state index contributed by atoms with van der Waals surface area (Å²) >= 11 is 11.6. The van der Waals surface area contributed by atoms with Crippen molar-refractivity contribution < 1.29 is 0 Å². The van der Waals surface area contributed by atoms with Crippen LogP contribution in [0, 0.1) is 11.3 Å². The average molecular weight is 216 g/mol. The topological polar surface area (TPSA) is 62.7 Å². The Morgan fingerprint density at radius 3 is 2.46 bits per heavy atom. The van der Waals surface area contributed by atoms with E-state index in [2.05, 4.69) is 4.98 Å². The lowest BCUT2D eigenvalue weighted by molar-refractivity contribution is 0.747. The number of hydrogen-bond donors (Lipinski definition) is 1. The fourth-order valence-electron chi connectivity index (χ4n) is 0.976. The number of nitriles is 1. The number of nitrogens with zero attached hydrogens (tertiary/aromatic N) is 2. The second-order valence-corrected chi connectivity index (χ2v) is 3.30. The Hall–Kier alpha value is -0.820. The molecule has 0 aromatic carbocycles. The van der Waals surface area contributed by atoms with E-state index < -0.39 is 6.04 Å². The van der Waals surface area contributed by atoms with E-state index in [0.29, 0.717) is 15.6 Å². The largest absolute Gasteiger partial charge is 0.323 e. The van der Waals surface area contributed by atoms with Gasteiger partial charge in [-0.15, -0.1) is 0 Å². The summed E-state index contributed by atoms with van der Waals surface area (Å²) < 4.78 is 0. The van der Waals surface area contributed by atoms with Gasteiger partial charge in [0.2, 0.25) is 0 Å². The third-order valence-corrected chi connectivity index (χ3v) is 2.17. The van der Waals surface area contributed by atoms with Crippen LogP contribution in [-0.4, -0.2) is 4.98 Å². The van der Waals surface area contributed by atoms with Crippen LogP contribution in [0.1, 0.15) is 18.0 Å². The molecule has 3 nitrogen and oxygen atoms in total. The van der Waals surface area contributed by atoms with Crippen LogP contribution in [0.15, 0.2) is 12.4 Å². The minimum absolute atomic E-state index is 0.184. The van der Waals surface area contributed by atoms with Gasteiger partial charge in [-0.2, -0.15) is 5.26 Å². The third-order valence-electron chi connectivity index (χ3n) is 1.57. The van der Waals surface area contributed by atoms with Crippen molar-refractivity contribution in [3.63, 3.8) is 0 Å². The molecule has 0 fully saturated rings. The summed E-state index contributed by atoms with van der Waals surface area (Å²) in [5.41, 5.74) is 6.27. The second kappa shape index (κ2) is 4.43. The van der Waals surface area contributed by atoms with Gasteiger partial charge in [-0.05, 0) is 0 Å². The lowest BCUT2D eigenvalue weighted by Crippen LogP contribution is -2.10. The molecule has 1 aromatic rings. The van der Waals surface area contributed by atoms with Crippen molar-refractivity contribution in [3.8, 4) is 6.07 Å². The first-order chi connectivity index (χ1) is 6.16. The Balaban J connectivity index is 3.06. The van der Waals surface area contributed by atoms with Gasteiger partial charge in [0.05, 0.1) is 22.5 Å². The van der Waals surface area contributed by atoms with Crippen molar-refractivity contribution in [1.82, 2.24) is 4.98 Å². The molecule has 2 N–H and O–H groups in total. The Kier molecular flexibility index (Phi) is 3.49. The zero-order valence-corrected chi connectivity index (χ0v) is 8.18. The van der Waals surface area contributed by atoms with Crippen LogP contribution >= 0.6 is 23.2 Å². The van der Waals surface area contributed by atoms with Gasteiger partial charge < -0.3 is 5.73 Å². The number of aromatic nitrogens is 1. The summed E-state index contributed by atoms with van der Waals surface area (Å²) in [6.07, 6.45) is 3.10. The van der Waals surface area contributed by atoms with E-state index in [9.17, 15) is 0 Å². The maximum atomic E-state index is 8.45. The molecule has 1 atom stereocenters. The van der Waals surface area contributed by atoms with Crippen molar-refractivity contribution in [3.05, 3.63) is 28.0 Å². The van der Waals surface area contributed by atoms with Crippen LogP contribution in [0.3, 0.4) is 0 Å². The molecule has 0 saturated heterocycles. The van der Waals surface area contributed by atoms with Crippen LogP contribution in [-0.2, 0) is 0 Å². The molecule has 1 rings (SSSR count). The molecule has 0 bridgehead atoms. The van der Waals surface area contributed by atoms with Gasteiger partial charge >= 0.3 is 0 Å². The summed E-state index contributed by atoms with van der Waals surface area (Å²) in [5.74, 6) is 0. The number of hydrogen-bond acceptors (Lipinski definition) is 3. The zero-order chi connectivity index (χ0) is 9.84. The molecule has 68 valence electrons. The minimum atomic E-state index is -0.451.